The maximum Gasteiger partial charge on any atom is 0.148 e. The number of hydrogen-bond donors (Lipinski definition) is 1. The van der Waals surface area contributed by atoms with Crippen LogP contribution < -0.4 is 5.32 Å². The Morgan fingerprint density at radius 1 is 1.24 bits per heavy atom. The third kappa shape index (κ3) is 2.94. The number of nitrogens with zero attached hydrogens (tertiary/aromatic N) is 5. The maximum atomic E-state index is 4.70. The Balaban J connectivity index is 1.80. The van der Waals surface area contributed by atoms with E-state index in [0.29, 0.717) is 5.92 Å². The van der Waals surface area contributed by atoms with Gasteiger partial charge in [0.15, 0.2) is 0 Å². The molecular formula is C15H24N6. The predicted molar refractivity (Wildman–Crippen MR) is 82.1 cm³/mol. The molecule has 1 saturated carbocycles. The molecule has 1 aliphatic rings. The normalized spacial score (nSPS) is 17.9. The number of aryl methyl sites for hydroxylation is 2. The van der Waals surface area contributed by atoms with E-state index in [-0.39, 0.29) is 6.04 Å². The van der Waals surface area contributed by atoms with Crippen molar-refractivity contribution in [2.45, 2.75) is 51.0 Å². The van der Waals surface area contributed by atoms with Gasteiger partial charge < -0.3 is 5.32 Å². The molecule has 6 heteroatoms. The molecule has 2 aromatic rings. The first-order chi connectivity index (χ1) is 10.1. The quantitative estimate of drug-likeness (QED) is 0.939. The van der Waals surface area contributed by atoms with Crippen molar-refractivity contribution in [2.24, 2.45) is 14.1 Å². The molecule has 0 radical (unpaired) electrons. The lowest BCUT2D eigenvalue weighted by atomic mass is 9.86. The zero-order chi connectivity index (χ0) is 14.8. The minimum atomic E-state index is 0.115. The molecule has 0 bridgehead atoms. The van der Waals surface area contributed by atoms with Gasteiger partial charge in [0.05, 0.1) is 17.4 Å². The van der Waals surface area contributed by atoms with Crippen LogP contribution in [0.1, 0.15) is 62.5 Å². The zero-order valence-corrected chi connectivity index (χ0v) is 13.1. The molecule has 0 amide bonds. The van der Waals surface area contributed by atoms with Gasteiger partial charge in [-0.25, -0.2) is 4.98 Å². The van der Waals surface area contributed by atoms with E-state index >= 15 is 0 Å². The van der Waals surface area contributed by atoms with Gasteiger partial charge in [-0.05, 0) is 19.8 Å². The summed E-state index contributed by atoms with van der Waals surface area (Å²) in [5.41, 5.74) is 2.35. The van der Waals surface area contributed by atoms with Crippen LogP contribution in [-0.4, -0.2) is 24.5 Å². The summed E-state index contributed by atoms with van der Waals surface area (Å²) in [7, 11) is 3.91. The van der Waals surface area contributed by atoms with Crippen molar-refractivity contribution in [3.8, 4) is 0 Å². The maximum absolute atomic E-state index is 4.70. The molecular weight excluding hydrogens is 264 g/mol. The van der Waals surface area contributed by atoms with Gasteiger partial charge in [-0.1, -0.05) is 19.3 Å². The average molecular weight is 288 g/mol. The summed E-state index contributed by atoms with van der Waals surface area (Å²) in [5, 5.41) is 12.4. The van der Waals surface area contributed by atoms with Gasteiger partial charge in [-0.3, -0.25) is 9.36 Å². The molecule has 6 nitrogen and oxygen atoms in total. The van der Waals surface area contributed by atoms with E-state index in [9.17, 15) is 0 Å². The molecule has 1 unspecified atom stereocenters. The van der Waals surface area contributed by atoms with Crippen LogP contribution >= 0.6 is 0 Å². The fourth-order valence-electron chi connectivity index (χ4n) is 3.29. The fourth-order valence-corrected chi connectivity index (χ4v) is 3.29. The SMILES string of the molecule is CC(Nc1cn(C)nc1C1CCCCC1)c1ncnn1C. The van der Waals surface area contributed by atoms with Crippen molar-refractivity contribution in [1.82, 2.24) is 24.5 Å². The first kappa shape index (κ1) is 14.1. The lowest BCUT2D eigenvalue weighted by Crippen LogP contribution is -2.14. The highest BCUT2D eigenvalue weighted by Crippen LogP contribution is 2.36. The van der Waals surface area contributed by atoms with Crippen LogP contribution in [0.15, 0.2) is 12.5 Å². The summed E-state index contributed by atoms with van der Waals surface area (Å²) < 4.78 is 3.73. The topological polar surface area (TPSA) is 60.6 Å². The zero-order valence-electron chi connectivity index (χ0n) is 13.1. The molecule has 21 heavy (non-hydrogen) atoms. The number of nitrogens with one attached hydrogen (secondary N) is 1. The summed E-state index contributed by atoms with van der Waals surface area (Å²) in [6.07, 6.45) is 10.2. The molecule has 0 saturated heterocycles. The fraction of sp³-hybridized carbons (Fsp3) is 0.667. The van der Waals surface area contributed by atoms with E-state index in [4.69, 9.17) is 5.10 Å². The number of aromatic nitrogens is 5. The van der Waals surface area contributed by atoms with Crippen LogP contribution in [0.25, 0.3) is 0 Å². The monoisotopic (exact) mass is 288 g/mol. The van der Waals surface area contributed by atoms with Crippen LogP contribution in [0.5, 0.6) is 0 Å². The first-order valence-corrected chi connectivity index (χ1v) is 7.79. The lowest BCUT2D eigenvalue weighted by molar-refractivity contribution is 0.434. The van der Waals surface area contributed by atoms with Crippen LogP contribution in [-0.2, 0) is 14.1 Å². The van der Waals surface area contributed by atoms with Gasteiger partial charge in [0.2, 0.25) is 0 Å². The Labute approximate surface area is 125 Å². The van der Waals surface area contributed by atoms with Crippen molar-refractivity contribution in [3.05, 3.63) is 24.0 Å². The summed E-state index contributed by atoms with van der Waals surface area (Å²) in [6.45, 7) is 2.11. The number of anilines is 1. The van der Waals surface area contributed by atoms with Crippen LogP contribution in [0.3, 0.4) is 0 Å². The third-order valence-corrected chi connectivity index (χ3v) is 4.35. The van der Waals surface area contributed by atoms with E-state index in [1.54, 1.807) is 6.33 Å². The number of hydrogen-bond acceptors (Lipinski definition) is 4. The molecule has 1 atom stereocenters. The van der Waals surface area contributed by atoms with Crippen LogP contribution in [0.2, 0.25) is 0 Å². The third-order valence-electron chi connectivity index (χ3n) is 4.35. The predicted octanol–water partition coefficient (Wildman–Crippen LogP) is 2.77. The van der Waals surface area contributed by atoms with Crippen molar-refractivity contribution in [1.29, 1.82) is 0 Å². The van der Waals surface area contributed by atoms with Gasteiger partial charge in [0.25, 0.3) is 0 Å². The van der Waals surface area contributed by atoms with Gasteiger partial charge in [-0.15, -0.1) is 0 Å². The summed E-state index contributed by atoms with van der Waals surface area (Å²) in [4.78, 5) is 4.32. The Morgan fingerprint density at radius 3 is 2.67 bits per heavy atom. The van der Waals surface area contributed by atoms with E-state index in [1.807, 2.05) is 23.5 Å². The number of rotatable bonds is 4. The van der Waals surface area contributed by atoms with Gasteiger partial charge in [-0.2, -0.15) is 10.2 Å². The first-order valence-electron chi connectivity index (χ1n) is 7.79. The van der Waals surface area contributed by atoms with Gasteiger partial charge >= 0.3 is 0 Å². The largest absolute Gasteiger partial charge is 0.373 e. The second-order valence-electron chi connectivity index (χ2n) is 6.04. The summed E-state index contributed by atoms with van der Waals surface area (Å²) in [6, 6.07) is 0.115. The highest BCUT2D eigenvalue weighted by Gasteiger charge is 2.23. The standard InChI is InChI=1S/C15H24N6/c1-11(15-16-10-17-21(15)3)18-13-9-20(2)19-14(13)12-7-5-4-6-8-12/h9-12,18H,4-8H2,1-3H3. The van der Waals surface area contributed by atoms with Crippen LogP contribution in [0.4, 0.5) is 5.69 Å². The van der Waals surface area contributed by atoms with E-state index in [1.165, 1.54) is 37.8 Å². The smallest absolute Gasteiger partial charge is 0.148 e. The van der Waals surface area contributed by atoms with Crippen LogP contribution in [0, 0.1) is 0 Å². The molecule has 2 heterocycles. The van der Waals surface area contributed by atoms with Gasteiger partial charge in [0, 0.05) is 26.2 Å². The minimum absolute atomic E-state index is 0.115. The molecule has 0 aromatic carbocycles. The van der Waals surface area contributed by atoms with E-state index in [2.05, 4.69) is 28.5 Å². The Morgan fingerprint density at radius 2 is 2.00 bits per heavy atom. The van der Waals surface area contributed by atoms with Crippen molar-refractivity contribution >= 4 is 5.69 Å². The van der Waals surface area contributed by atoms with Crippen molar-refractivity contribution < 1.29 is 0 Å². The van der Waals surface area contributed by atoms with Crippen molar-refractivity contribution in [3.63, 3.8) is 0 Å². The highest BCUT2D eigenvalue weighted by atomic mass is 15.3. The second-order valence-corrected chi connectivity index (χ2v) is 6.04. The Kier molecular flexibility index (Phi) is 3.94. The van der Waals surface area contributed by atoms with Crippen molar-refractivity contribution in [2.75, 3.05) is 5.32 Å². The highest BCUT2D eigenvalue weighted by molar-refractivity contribution is 5.49. The lowest BCUT2D eigenvalue weighted by Gasteiger charge is -2.22. The molecule has 1 aliphatic carbocycles. The second kappa shape index (κ2) is 5.87. The minimum Gasteiger partial charge on any atom is -0.373 e. The summed E-state index contributed by atoms with van der Waals surface area (Å²) in [5.74, 6) is 1.53. The Hall–Kier alpha value is -1.85. The molecule has 2 aromatic heterocycles. The van der Waals surface area contributed by atoms with E-state index in [0.717, 1.165) is 11.5 Å². The molecule has 0 aliphatic heterocycles. The van der Waals surface area contributed by atoms with E-state index < -0.39 is 0 Å². The molecule has 1 fully saturated rings. The molecule has 1 N–H and O–H groups in total. The Bertz CT molecular complexity index is 593. The van der Waals surface area contributed by atoms with Gasteiger partial charge in [0.1, 0.15) is 12.2 Å². The summed E-state index contributed by atoms with van der Waals surface area (Å²) >= 11 is 0. The molecule has 0 spiro atoms. The molecule has 3 rings (SSSR count). The average Bonchev–Trinajstić information content (AvgIpc) is 3.06. The molecule has 114 valence electrons.